The van der Waals surface area contributed by atoms with Gasteiger partial charge in [0.05, 0.1) is 11.3 Å². The topological polar surface area (TPSA) is 83.4 Å². The van der Waals surface area contributed by atoms with Crippen LogP contribution in [0.4, 0.5) is 0 Å². The molecule has 0 unspecified atom stereocenters. The summed E-state index contributed by atoms with van der Waals surface area (Å²) in [5, 5.41) is 30.3. The van der Waals surface area contributed by atoms with Gasteiger partial charge < -0.3 is 5.32 Å². The molecule has 1 N–H and O–H groups in total. The highest BCUT2D eigenvalue weighted by Gasteiger charge is 2.21. The lowest BCUT2D eigenvalue weighted by Crippen LogP contribution is -2.19. The lowest BCUT2D eigenvalue weighted by atomic mass is 9.93. The van der Waals surface area contributed by atoms with Gasteiger partial charge in [-0.25, -0.2) is 0 Å². The van der Waals surface area contributed by atoms with Crippen molar-refractivity contribution in [2.24, 2.45) is 0 Å². The molecule has 0 spiro atoms. The third-order valence-electron chi connectivity index (χ3n) is 2.87. The molecule has 20 heavy (non-hydrogen) atoms. The van der Waals surface area contributed by atoms with E-state index in [-0.39, 0.29) is 11.3 Å². The maximum Gasteiger partial charge on any atom is 0.154 e. The lowest BCUT2D eigenvalue weighted by molar-refractivity contribution is 0.969. The summed E-state index contributed by atoms with van der Waals surface area (Å²) < 4.78 is 0. The quantitative estimate of drug-likeness (QED) is 0.785. The van der Waals surface area contributed by atoms with E-state index in [1.807, 2.05) is 55.5 Å². The molecule has 1 aromatic carbocycles. The predicted molar refractivity (Wildman–Crippen MR) is 74.1 cm³/mol. The van der Waals surface area contributed by atoms with Crippen LogP contribution in [-0.4, -0.2) is 0 Å². The fourth-order valence-corrected chi connectivity index (χ4v) is 2.00. The number of dihydropyridines is 1. The summed E-state index contributed by atoms with van der Waals surface area (Å²) in [6, 6.07) is 15.1. The molecule has 0 radical (unpaired) electrons. The highest BCUT2D eigenvalue weighted by Crippen LogP contribution is 2.30. The summed E-state index contributed by atoms with van der Waals surface area (Å²) in [6.45, 7) is 1.82. The molecule has 1 heterocycles. The summed E-state index contributed by atoms with van der Waals surface area (Å²) in [4.78, 5) is 0. The summed E-state index contributed by atoms with van der Waals surface area (Å²) >= 11 is 0. The smallest absolute Gasteiger partial charge is 0.154 e. The van der Waals surface area contributed by atoms with Gasteiger partial charge in [0, 0.05) is 11.3 Å². The average Bonchev–Trinajstić information content (AvgIpc) is 2.49. The standard InChI is InChI=1S/C16H10N4/c1-11-7-14(12-5-3-2-4-6-12)15(10-19)16(20-11)13(8-17)9-18/h2-7,20H,1H3. The van der Waals surface area contributed by atoms with E-state index >= 15 is 0 Å². The Balaban J connectivity index is 2.76. The molecule has 4 nitrogen and oxygen atoms in total. The molecule has 2 rings (SSSR count). The van der Waals surface area contributed by atoms with Crippen LogP contribution in [0.3, 0.4) is 0 Å². The Labute approximate surface area is 117 Å². The summed E-state index contributed by atoms with van der Waals surface area (Å²) in [6.07, 6.45) is 1.84. The van der Waals surface area contributed by atoms with Gasteiger partial charge in [0.15, 0.2) is 5.57 Å². The molecule has 1 aliphatic heterocycles. The monoisotopic (exact) mass is 258 g/mol. The van der Waals surface area contributed by atoms with Crippen molar-refractivity contribution in [3.8, 4) is 18.2 Å². The number of hydrogen-bond donors (Lipinski definition) is 1. The lowest BCUT2D eigenvalue weighted by Gasteiger charge is -2.19. The molecule has 0 saturated carbocycles. The van der Waals surface area contributed by atoms with E-state index in [0.29, 0.717) is 11.1 Å². The van der Waals surface area contributed by atoms with Gasteiger partial charge in [-0.1, -0.05) is 30.3 Å². The number of hydrogen-bond acceptors (Lipinski definition) is 4. The highest BCUT2D eigenvalue weighted by atomic mass is 14.9. The van der Waals surface area contributed by atoms with Crippen molar-refractivity contribution in [2.75, 3.05) is 0 Å². The minimum Gasteiger partial charge on any atom is -0.356 e. The number of benzene rings is 1. The van der Waals surface area contributed by atoms with E-state index in [0.717, 1.165) is 11.3 Å². The Bertz CT molecular complexity index is 743. The molecule has 1 aromatic rings. The molecule has 0 atom stereocenters. The van der Waals surface area contributed by atoms with Crippen LogP contribution < -0.4 is 5.32 Å². The summed E-state index contributed by atoms with van der Waals surface area (Å²) in [5.41, 5.74) is 2.85. The van der Waals surface area contributed by atoms with E-state index in [2.05, 4.69) is 11.4 Å². The third-order valence-corrected chi connectivity index (χ3v) is 2.87. The van der Waals surface area contributed by atoms with Crippen LogP contribution in [0.15, 0.2) is 58.9 Å². The van der Waals surface area contributed by atoms with Crippen molar-refractivity contribution in [3.05, 3.63) is 64.5 Å². The van der Waals surface area contributed by atoms with Gasteiger partial charge in [-0.15, -0.1) is 0 Å². The van der Waals surface area contributed by atoms with Crippen molar-refractivity contribution < 1.29 is 0 Å². The Morgan fingerprint density at radius 3 is 2.25 bits per heavy atom. The first-order valence-electron chi connectivity index (χ1n) is 5.91. The number of allylic oxidation sites excluding steroid dienone is 5. The largest absolute Gasteiger partial charge is 0.356 e. The average molecular weight is 258 g/mol. The van der Waals surface area contributed by atoms with Gasteiger partial charge in [-0.2, -0.15) is 15.8 Å². The minimum absolute atomic E-state index is 0.0950. The van der Waals surface area contributed by atoms with Gasteiger partial charge in [0.2, 0.25) is 0 Å². The highest BCUT2D eigenvalue weighted by molar-refractivity contribution is 5.85. The SMILES string of the molecule is CC1=CC(c2ccccc2)=C(C#N)C(=C(C#N)C#N)N1. The van der Waals surface area contributed by atoms with Crippen LogP contribution in [0, 0.1) is 34.0 Å². The normalized spacial score (nSPS) is 13.5. The van der Waals surface area contributed by atoms with Crippen molar-refractivity contribution in [1.82, 2.24) is 5.32 Å². The van der Waals surface area contributed by atoms with Crippen LogP contribution in [0.2, 0.25) is 0 Å². The van der Waals surface area contributed by atoms with Crippen molar-refractivity contribution in [1.29, 1.82) is 15.8 Å². The Hall–Kier alpha value is -3.29. The molecule has 1 aliphatic rings. The van der Waals surface area contributed by atoms with Crippen LogP contribution >= 0.6 is 0 Å². The maximum absolute atomic E-state index is 9.39. The molecule has 0 aromatic heterocycles. The van der Waals surface area contributed by atoms with Crippen LogP contribution in [0.5, 0.6) is 0 Å². The van der Waals surface area contributed by atoms with E-state index in [4.69, 9.17) is 10.5 Å². The van der Waals surface area contributed by atoms with E-state index in [1.54, 1.807) is 0 Å². The second-order valence-electron chi connectivity index (χ2n) is 4.19. The van der Waals surface area contributed by atoms with Gasteiger partial charge in [0.25, 0.3) is 0 Å². The minimum atomic E-state index is -0.0950. The molecule has 0 saturated heterocycles. The molecule has 94 valence electrons. The summed E-state index contributed by atoms with van der Waals surface area (Å²) in [5.74, 6) is 0. The molecule has 4 heteroatoms. The Morgan fingerprint density at radius 2 is 1.70 bits per heavy atom. The first kappa shape index (κ1) is 13.1. The molecular weight excluding hydrogens is 248 g/mol. The van der Waals surface area contributed by atoms with Gasteiger partial charge in [0.1, 0.15) is 18.2 Å². The molecule has 0 fully saturated rings. The van der Waals surface area contributed by atoms with Crippen molar-refractivity contribution in [2.45, 2.75) is 6.92 Å². The summed E-state index contributed by atoms with van der Waals surface area (Å²) in [7, 11) is 0. The molecule has 0 amide bonds. The number of rotatable bonds is 1. The zero-order valence-corrected chi connectivity index (χ0v) is 10.8. The molecule has 0 aliphatic carbocycles. The van der Waals surface area contributed by atoms with Gasteiger partial charge in [-0.3, -0.25) is 0 Å². The van der Waals surface area contributed by atoms with Crippen LogP contribution in [-0.2, 0) is 0 Å². The fourth-order valence-electron chi connectivity index (χ4n) is 2.00. The maximum atomic E-state index is 9.39. The van der Waals surface area contributed by atoms with E-state index in [9.17, 15) is 5.26 Å². The van der Waals surface area contributed by atoms with Gasteiger partial charge in [-0.05, 0) is 18.6 Å². The van der Waals surface area contributed by atoms with E-state index in [1.165, 1.54) is 0 Å². The number of nitrogens with zero attached hydrogens (tertiary/aromatic N) is 3. The van der Waals surface area contributed by atoms with Crippen molar-refractivity contribution in [3.63, 3.8) is 0 Å². The second kappa shape index (κ2) is 5.57. The third kappa shape index (κ3) is 2.29. The first-order chi connectivity index (χ1) is 9.71. The number of nitrogens with one attached hydrogen (secondary N) is 1. The van der Waals surface area contributed by atoms with E-state index < -0.39 is 0 Å². The van der Waals surface area contributed by atoms with Crippen LogP contribution in [0.25, 0.3) is 5.57 Å². The second-order valence-corrected chi connectivity index (χ2v) is 4.19. The predicted octanol–water partition coefficient (Wildman–Crippen LogP) is 2.77. The molecular formula is C16H10N4. The Kier molecular flexibility index (Phi) is 3.66. The Morgan fingerprint density at radius 1 is 1.05 bits per heavy atom. The first-order valence-corrected chi connectivity index (χ1v) is 5.91. The van der Waals surface area contributed by atoms with Gasteiger partial charge >= 0.3 is 0 Å². The number of nitriles is 3. The zero-order valence-electron chi connectivity index (χ0n) is 10.8. The molecule has 0 bridgehead atoms. The van der Waals surface area contributed by atoms with Crippen molar-refractivity contribution >= 4 is 5.57 Å². The fraction of sp³-hybridized carbons (Fsp3) is 0.0625. The zero-order chi connectivity index (χ0) is 14.5. The van der Waals surface area contributed by atoms with Crippen LogP contribution in [0.1, 0.15) is 12.5 Å².